The normalized spacial score (nSPS) is 13.9. The number of aromatic nitrogens is 1. The fraction of sp³-hybridized carbons (Fsp3) is 0.280. The highest BCUT2D eigenvalue weighted by atomic mass is 32.2. The standard InChI is InChI=1S/C25H29N5OS/c31-25(27-18-19-7-6-16-26-17-19)29-21-12-14-22(15-13-21)30-32-24-11-5-4-10-23(24)28-20-8-2-1-3-9-20/h4-7,10-17,20,28,30H,1-3,8-9,18H2,(H2,27,29,31). The Labute approximate surface area is 193 Å². The summed E-state index contributed by atoms with van der Waals surface area (Å²) in [4.78, 5) is 17.3. The second-order valence-electron chi connectivity index (χ2n) is 7.93. The molecule has 1 fully saturated rings. The summed E-state index contributed by atoms with van der Waals surface area (Å²) in [5.74, 6) is 0. The van der Waals surface area contributed by atoms with Gasteiger partial charge in [0, 0.05) is 42.0 Å². The Balaban J connectivity index is 1.26. The topological polar surface area (TPSA) is 78.1 Å². The summed E-state index contributed by atoms with van der Waals surface area (Å²) < 4.78 is 3.41. The molecule has 4 N–H and O–H groups in total. The Kier molecular flexibility index (Phi) is 7.87. The van der Waals surface area contributed by atoms with E-state index in [0.29, 0.717) is 12.6 Å². The van der Waals surface area contributed by atoms with Gasteiger partial charge in [0.05, 0.1) is 4.90 Å². The Bertz CT molecular complexity index is 991. The molecular weight excluding hydrogens is 418 g/mol. The minimum absolute atomic E-state index is 0.244. The van der Waals surface area contributed by atoms with Crippen LogP contribution in [0.5, 0.6) is 0 Å². The maximum absolute atomic E-state index is 12.1. The fourth-order valence-electron chi connectivity index (χ4n) is 3.74. The van der Waals surface area contributed by atoms with Crippen molar-refractivity contribution in [1.82, 2.24) is 10.3 Å². The summed E-state index contributed by atoms with van der Waals surface area (Å²) in [5, 5.41) is 9.41. The van der Waals surface area contributed by atoms with Gasteiger partial charge >= 0.3 is 6.03 Å². The molecule has 0 atom stereocenters. The summed E-state index contributed by atoms with van der Waals surface area (Å²) >= 11 is 1.60. The lowest BCUT2D eigenvalue weighted by atomic mass is 9.95. The van der Waals surface area contributed by atoms with E-state index in [2.05, 4.69) is 49.9 Å². The van der Waals surface area contributed by atoms with Crippen LogP contribution in [-0.2, 0) is 6.54 Å². The summed E-state index contributed by atoms with van der Waals surface area (Å²) in [7, 11) is 0. The van der Waals surface area contributed by atoms with Crippen molar-refractivity contribution in [3.8, 4) is 0 Å². The van der Waals surface area contributed by atoms with Gasteiger partial charge in [0.15, 0.2) is 0 Å². The van der Waals surface area contributed by atoms with Crippen LogP contribution < -0.4 is 20.7 Å². The Morgan fingerprint density at radius 1 is 0.938 bits per heavy atom. The number of anilines is 3. The average molecular weight is 448 g/mol. The molecular formula is C25H29N5OS. The van der Waals surface area contributed by atoms with Crippen LogP contribution in [-0.4, -0.2) is 17.1 Å². The molecule has 0 bridgehead atoms. The molecule has 4 rings (SSSR count). The first kappa shape index (κ1) is 22.0. The number of carbonyl (C=O) groups excluding carboxylic acids is 1. The largest absolute Gasteiger partial charge is 0.381 e. The van der Waals surface area contributed by atoms with E-state index in [9.17, 15) is 4.79 Å². The highest BCUT2D eigenvalue weighted by Gasteiger charge is 2.14. The highest BCUT2D eigenvalue weighted by Crippen LogP contribution is 2.31. The van der Waals surface area contributed by atoms with E-state index in [1.54, 1.807) is 24.3 Å². The van der Waals surface area contributed by atoms with Crippen LogP contribution >= 0.6 is 11.9 Å². The molecule has 1 aromatic heterocycles. The molecule has 7 heteroatoms. The molecule has 0 spiro atoms. The van der Waals surface area contributed by atoms with Crippen LogP contribution in [0.25, 0.3) is 0 Å². The maximum atomic E-state index is 12.1. The van der Waals surface area contributed by atoms with Gasteiger partial charge in [-0.05, 0) is 72.8 Å². The van der Waals surface area contributed by atoms with Gasteiger partial charge in [0.25, 0.3) is 0 Å². The molecule has 1 aliphatic rings. The van der Waals surface area contributed by atoms with Crippen molar-refractivity contribution in [2.75, 3.05) is 15.4 Å². The third-order valence-electron chi connectivity index (χ3n) is 5.45. The molecule has 1 aliphatic carbocycles. The lowest BCUT2D eigenvalue weighted by molar-refractivity contribution is 0.251. The summed E-state index contributed by atoms with van der Waals surface area (Å²) in [6.07, 6.45) is 9.92. The SMILES string of the molecule is O=C(NCc1cccnc1)Nc1ccc(NSc2ccccc2NC2CCCCC2)cc1. The van der Waals surface area contributed by atoms with E-state index in [4.69, 9.17) is 0 Å². The van der Waals surface area contributed by atoms with Gasteiger partial charge in [-0.25, -0.2) is 4.79 Å². The smallest absolute Gasteiger partial charge is 0.319 e. The average Bonchev–Trinajstić information content (AvgIpc) is 2.84. The summed E-state index contributed by atoms with van der Waals surface area (Å²) in [5.41, 5.74) is 3.85. The quantitative estimate of drug-likeness (QED) is 0.306. The molecule has 0 radical (unpaired) electrons. The van der Waals surface area contributed by atoms with E-state index in [1.807, 2.05) is 36.4 Å². The van der Waals surface area contributed by atoms with Crippen molar-refractivity contribution in [2.24, 2.45) is 0 Å². The molecule has 32 heavy (non-hydrogen) atoms. The van der Waals surface area contributed by atoms with Crippen LogP contribution in [0.2, 0.25) is 0 Å². The Morgan fingerprint density at radius 3 is 2.50 bits per heavy atom. The molecule has 6 nitrogen and oxygen atoms in total. The minimum atomic E-state index is -0.244. The number of hydrogen-bond acceptors (Lipinski definition) is 5. The summed E-state index contributed by atoms with van der Waals surface area (Å²) in [6, 6.07) is 20.2. The second-order valence-corrected chi connectivity index (χ2v) is 8.77. The zero-order chi connectivity index (χ0) is 22.0. The van der Waals surface area contributed by atoms with Crippen molar-refractivity contribution in [1.29, 1.82) is 0 Å². The number of para-hydroxylation sites is 1. The van der Waals surface area contributed by atoms with E-state index in [-0.39, 0.29) is 6.03 Å². The molecule has 0 unspecified atom stereocenters. The van der Waals surface area contributed by atoms with Gasteiger partial charge in [-0.1, -0.05) is 37.5 Å². The predicted octanol–water partition coefficient (Wildman–Crippen LogP) is 6.27. The van der Waals surface area contributed by atoms with Crippen molar-refractivity contribution >= 4 is 35.0 Å². The van der Waals surface area contributed by atoms with Crippen LogP contribution in [0.4, 0.5) is 21.9 Å². The third kappa shape index (κ3) is 6.65. The van der Waals surface area contributed by atoms with Crippen molar-refractivity contribution in [2.45, 2.75) is 49.6 Å². The molecule has 2 amide bonds. The fourth-order valence-corrected chi connectivity index (χ4v) is 4.48. The van der Waals surface area contributed by atoms with Crippen LogP contribution in [0.1, 0.15) is 37.7 Å². The first-order valence-electron chi connectivity index (χ1n) is 11.1. The van der Waals surface area contributed by atoms with E-state index in [1.165, 1.54) is 42.7 Å². The van der Waals surface area contributed by atoms with Gasteiger partial charge in [-0.15, -0.1) is 0 Å². The first-order valence-corrected chi connectivity index (χ1v) is 11.9. The Hall–Kier alpha value is -3.19. The molecule has 1 saturated carbocycles. The summed E-state index contributed by atoms with van der Waals surface area (Å²) in [6.45, 7) is 0.435. The first-order chi connectivity index (χ1) is 15.8. The van der Waals surface area contributed by atoms with E-state index in [0.717, 1.165) is 16.9 Å². The number of benzene rings is 2. The molecule has 166 valence electrons. The van der Waals surface area contributed by atoms with Gasteiger partial charge in [0.2, 0.25) is 0 Å². The maximum Gasteiger partial charge on any atom is 0.319 e. The van der Waals surface area contributed by atoms with E-state index >= 15 is 0 Å². The number of carbonyl (C=O) groups is 1. The van der Waals surface area contributed by atoms with Crippen LogP contribution in [0.3, 0.4) is 0 Å². The Morgan fingerprint density at radius 2 is 1.72 bits per heavy atom. The minimum Gasteiger partial charge on any atom is -0.381 e. The van der Waals surface area contributed by atoms with Crippen LogP contribution in [0.15, 0.2) is 78.0 Å². The number of nitrogens with zero attached hydrogens (tertiary/aromatic N) is 1. The number of rotatable bonds is 8. The second kappa shape index (κ2) is 11.4. The monoisotopic (exact) mass is 447 g/mol. The van der Waals surface area contributed by atoms with Crippen molar-refractivity contribution < 1.29 is 4.79 Å². The predicted molar refractivity (Wildman–Crippen MR) is 133 cm³/mol. The number of amides is 2. The lowest BCUT2D eigenvalue weighted by Crippen LogP contribution is -2.28. The highest BCUT2D eigenvalue weighted by molar-refractivity contribution is 8.00. The van der Waals surface area contributed by atoms with Gasteiger partial charge in [-0.2, -0.15) is 0 Å². The van der Waals surface area contributed by atoms with Gasteiger partial charge in [-0.3, -0.25) is 4.98 Å². The lowest BCUT2D eigenvalue weighted by Gasteiger charge is -2.25. The zero-order valence-corrected chi connectivity index (χ0v) is 18.8. The number of pyridine rings is 1. The van der Waals surface area contributed by atoms with Gasteiger partial charge < -0.3 is 20.7 Å². The number of urea groups is 1. The van der Waals surface area contributed by atoms with Crippen LogP contribution in [0, 0.1) is 0 Å². The third-order valence-corrected chi connectivity index (χ3v) is 6.36. The van der Waals surface area contributed by atoms with Crippen molar-refractivity contribution in [3.63, 3.8) is 0 Å². The molecule has 0 saturated heterocycles. The van der Waals surface area contributed by atoms with E-state index < -0.39 is 0 Å². The number of nitrogens with one attached hydrogen (secondary N) is 4. The van der Waals surface area contributed by atoms with Gasteiger partial charge in [0.1, 0.15) is 0 Å². The zero-order valence-electron chi connectivity index (χ0n) is 18.0. The molecule has 2 aromatic carbocycles. The van der Waals surface area contributed by atoms with Crippen molar-refractivity contribution in [3.05, 3.63) is 78.6 Å². The molecule has 0 aliphatic heterocycles. The molecule has 1 heterocycles. The molecule has 3 aromatic rings. The number of hydrogen-bond donors (Lipinski definition) is 4.